The quantitative estimate of drug-likeness (QED) is 0.479. The Balaban J connectivity index is -0.00000000843. The van der Waals surface area contributed by atoms with Gasteiger partial charge in [-0.2, -0.15) is 0 Å². The van der Waals surface area contributed by atoms with Crippen LogP contribution in [0.3, 0.4) is 0 Å². The zero-order chi connectivity index (χ0) is 10.2. The van der Waals surface area contributed by atoms with Crippen molar-refractivity contribution in [3.63, 3.8) is 0 Å². The smallest absolute Gasteiger partial charge is 0.0538 e. The third-order valence-electron chi connectivity index (χ3n) is 1.21. The van der Waals surface area contributed by atoms with E-state index in [4.69, 9.17) is 0 Å². The van der Waals surface area contributed by atoms with Crippen LogP contribution in [0.2, 0.25) is 0 Å². The van der Waals surface area contributed by atoms with E-state index in [1.807, 2.05) is 0 Å². The molecule has 0 aliphatic carbocycles. The Kier molecular flexibility index (Phi) is 431. The molecule has 0 radical (unpaired) electrons. The van der Waals surface area contributed by atoms with Crippen LogP contribution in [0.25, 0.3) is 0 Å². The summed E-state index contributed by atoms with van der Waals surface area (Å²) in [5.74, 6) is 0. The maximum atomic E-state index is 2.21. The Morgan fingerprint density at radius 2 is 0.556 bits per heavy atom. The molecule has 0 aliphatic rings. The Morgan fingerprint density at radius 3 is 0.556 bits per heavy atom. The second-order valence-electron chi connectivity index (χ2n) is 3.06. The molecule has 126 valence electrons. The molecule has 0 unspecified atom stereocenters. The molecule has 18 heavy (non-hydrogen) atoms. The van der Waals surface area contributed by atoms with Crippen molar-refractivity contribution in [1.82, 2.24) is 0 Å². The van der Waals surface area contributed by atoms with Crippen LogP contribution in [0, 0.1) is 0 Å². The van der Waals surface area contributed by atoms with Gasteiger partial charge in [0.2, 0.25) is 0 Å². The van der Waals surface area contributed by atoms with E-state index in [1.54, 1.807) is 0 Å². The molecule has 0 spiro atoms. The van der Waals surface area contributed by atoms with Crippen LogP contribution in [0.5, 0.6) is 0 Å². The van der Waals surface area contributed by atoms with E-state index < -0.39 is 0 Å². The van der Waals surface area contributed by atoms with Crippen molar-refractivity contribution in [2.45, 2.75) is 125 Å². The highest BCUT2D eigenvalue weighted by molar-refractivity contribution is 4.24. The van der Waals surface area contributed by atoms with E-state index in [0.29, 0.717) is 0 Å². The van der Waals surface area contributed by atoms with E-state index in [1.165, 1.54) is 38.5 Å². The molecule has 0 aromatic heterocycles. The summed E-state index contributed by atoms with van der Waals surface area (Å²) >= 11 is 0. The van der Waals surface area contributed by atoms with Crippen LogP contribution in [0.1, 0.15) is 125 Å². The fourth-order valence-corrected chi connectivity index (χ4v) is 0.354. The molecule has 0 nitrogen and oxygen atoms in total. The summed E-state index contributed by atoms with van der Waals surface area (Å²) < 4.78 is 0. The fourth-order valence-electron chi connectivity index (χ4n) is 0.354. The highest BCUT2D eigenvalue weighted by Crippen LogP contribution is 1.88. The summed E-state index contributed by atoms with van der Waals surface area (Å²) in [4.78, 5) is 0. The molecule has 0 fully saturated rings. The summed E-state index contributed by atoms with van der Waals surface area (Å²) in [5.41, 5.74) is 0. The van der Waals surface area contributed by atoms with Crippen LogP contribution < -0.4 is 0 Å². The van der Waals surface area contributed by atoms with Crippen molar-refractivity contribution in [3.05, 3.63) is 0 Å². The van der Waals surface area contributed by atoms with Gasteiger partial charge >= 0.3 is 0 Å². The van der Waals surface area contributed by atoms with Crippen molar-refractivity contribution >= 4 is 0 Å². The topological polar surface area (TPSA) is 0 Å². The number of hydrogen-bond donors (Lipinski definition) is 0. The molecule has 0 N–H and O–H groups in total. The molecular weight excluding hydrogens is 216 g/mol. The average Bonchev–Trinajstić information content (AvgIpc) is 2.08. The second kappa shape index (κ2) is 121. The SMILES string of the molecule is C.C.C.C.C.C.CCC.CCCC.CCCCC. The van der Waals surface area contributed by atoms with Gasteiger partial charge in [-0.25, -0.2) is 0 Å². The Bertz CT molecular complexity index is 27.0. The van der Waals surface area contributed by atoms with Gasteiger partial charge in [-0.3, -0.25) is 0 Å². The highest BCUT2D eigenvalue weighted by Gasteiger charge is 1.68. The van der Waals surface area contributed by atoms with Crippen LogP contribution >= 0.6 is 0 Å². The summed E-state index contributed by atoms with van der Waals surface area (Å²) in [6.07, 6.45) is 7.97. The molecule has 0 saturated carbocycles. The normalized spacial score (nSPS) is 5.00. The van der Waals surface area contributed by atoms with E-state index in [9.17, 15) is 0 Å². The number of unbranched alkanes of at least 4 members (excludes halogenated alkanes) is 3. The number of hydrogen-bond acceptors (Lipinski definition) is 0. The Morgan fingerprint density at radius 1 is 0.389 bits per heavy atom. The lowest BCUT2D eigenvalue weighted by molar-refractivity contribution is 0.772. The molecule has 0 aliphatic heterocycles. The van der Waals surface area contributed by atoms with E-state index in [-0.39, 0.29) is 44.6 Å². The van der Waals surface area contributed by atoms with Crippen LogP contribution in [-0.4, -0.2) is 0 Å². The first-order valence-electron chi connectivity index (χ1n) is 5.74. The van der Waals surface area contributed by atoms with E-state index in [2.05, 4.69) is 41.5 Å². The summed E-state index contributed by atoms with van der Waals surface area (Å²) in [6.45, 7) is 13.0. The van der Waals surface area contributed by atoms with E-state index >= 15 is 0 Å². The minimum atomic E-state index is 0. The highest BCUT2D eigenvalue weighted by atomic mass is 13.7. The third-order valence-corrected chi connectivity index (χ3v) is 1.21. The predicted octanol–water partition coefficient (Wildman–Crippen LogP) is 9.24. The lowest BCUT2D eigenvalue weighted by Crippen LogP contribution is -1.59. The largest absolute Gasteiger partial charge is 0.0776 e. The number of rotatable bonds is 3. The third kappa shape index (κ3) is 400. The molecule has 0 atom stereocenters. The van der Waals surface area contributed by atoms with Gasteiger partial charge in [0.05, 0.1) is 0 Å². The average molecular weight is 271 g/mol. The Hall–Kier alpha value is 0. The van der Waals surface area contributed by atoms with E-state index in [0.717, 1.165) is 0 Å². The summed E-state index contributed by atoms with van der Waals surface area (Å²) in [7, 11) is 0. The molecule has 0 heteroatoms. The summed E-state index contributed by atoms with van der Waals surface area (Å²) in [5, 5.41) is 0. The molecule has 0 aromatic carbocycles. The van der Waals surface area contributed by atoms with Crippen LogP contribution in [-0.2, 0) is 0 Å². The molecular formula is C18H54. The van der Waals surface area contributed by atoms with Gasteiger partial charge in [-0.15, -0.1) is 0 Å². The van der Waals surface area contributed by atoms with Gasteiger partial charge in [0.25, 0.3) is 0 Å². The maximum absolute atomic E-state index is 2.21. The summed E-state index contributed by atoms with van der Waals surface area (Å²) in [6, 6.07) is 0. The lowest BCUT2D eigenvalue weighted by atomic mass is 10.3. The maximum Gasteiger partial charge on any atom is -0.0538 e. The second-order valence-corrected chi connectivity index (χ2v) is 3.06. The molecule has 0 aromatic rings. The monoisotopic (exact) mass is 270 g/mol. The first-order valence-corrected chi connectivity index (χ1v) is 5.74. The van der Waals surface area contributed by atoms with Crippen molar-refractivity contribution in [2.24, 2.45) is 0 Å². The Labute approximate surface area is 125 Å². The molecule has 0 saturated heterocycles. The van der Waals surface area contributed by atoms with Gasteiger partial charge < -0.3 is 0 Å². The van der Waals surface area contributed by atoms with Gasteiger partial charge in [0.15, 0.2) is 0 Å². The molecule has 0 rings (SSSR count). The fraction of sp³-hybridized carbons (Fsp3) is 1.00. The van der Waals surface area contributed by atoms with Crippen molar-refractivity contribution in [2.75, 3.05) is 0 Å². The molecule has 0 bridgehead atoms. The van der Waals surface area contributed by atoms with Gasteiger partial charge in [0.1, 0.15) is 0 Å². The zero-order valence-corrected chi connectivity index (χ0v) is 10.2. The molecule has 0 amide bonds. The predicted molar refractivity (Wildman–Crippen MR) is 102 cm³/mol. The van der Waals surface area contributed by atoms with Crippen molar-refractivity contribution in [3.8, 4) is 0 Å². The van der Waals surface area contributed by atoms with Crippen molar-refractivity contribution in [1.29, 1.82) is 0 Å². The van der Waals surface area contributed by atoms with Gasteiger partial charge in [-0.05, 0) is 0 Å². The van der Waals surface area contributed by atoms with Gasteiger partial charge in [-0.1, -0.05) is 125 Å². The van der Waals surface area contributed by atoms with Gasteiger partial charge in [0, 0.05) is 0 Å². The first kappa shape index (κ1) is 64.2. The zero-order valence-electron chi connectivity index (χ0n) is 10.2. The molecule has 0 heterocycles. The van der Waals surface area contributed by atoms with Crippen LogP contribution in [0.4, 0.5) is 0 Å². The minimum Gasteiger partial charge on any atom is -0.0776 e. The van der Waals surface area contributed by atoms with Crippen LogP contribution in [0.15, 0.2) is 0 Å². The van der Waals surface area contributed by atoms with Crippen molar-refractivity contribution < 1.29 is 0 Å². The first-order chi connectivity index (χ1) is 5.74. The lowest BCUT2D eigenvalue weighted by Gasteiger charge is -1.79. The standard InChI is InChI=1S/C5H12.C4H10.C3H8.6CH4/c1-3-5-4-2;1-3-4-2;1-3-2;;;;;;/h3-5H2,1-2H3;3-4H2,1-2H3;3H2,1-2H3;6*1H4. The minimum absolute atomic E-state index is 0.